The number of imidazole rings is 1. The zero-order chi connectivity index (χ0) is 17.2. The molecule has 0 aliphatic carbocycles. The molecule has 0 fully saturated rings. The Balaban J connectivity index is 1.74. The number of aromatic nitrogens is 2. The van der Waals surface area contributed by atoms with Gasteiger partial charge in [-0.05, 0) is 43.3 Å². The highest BCUT2D eigenvalue weighted by Crippen LogP contribution is 2.27. The van der Waals surface area contributed by atoms with Gasteiger partial charge in [0.1, 0.15) is 0 Å². The number of nitrogens with one attached hydrogen (secondary N) is 1. The van der Waals surface area contributed by atoms with Crippen LogP contribution in [-0.4, -0.2) is 18.0 Å². The Morgan fingerprint density at radius 3 is 2.29 bits per heavy atom. The molecule has 0 spiro atoms. The fourth-order valence-corrected chi connectivity index (χ4v) is 3.94. The lowest BCUT2D eigenvalue weighted by molar-refractivity contribution is 0.601. The molecule has 1 N–H and O–H groups in total. The van der Waals surface area contributed by atoms with Crippen molar-refractivity contribution >= 4 is 27.5 Å². The van der Waals surface area contributed by atoms with Crippen LogP contribution in [0.4, 0.5) is 5.69 Å². The first-order valence-electron chi connectivity index (χ1n) is 7.29. The molecule has 0 aliphatic heterocycles. The fraction of sp³-hybridized carbons (Fsp3) is 0.118. The minimum absolute atomic E-state index is 0.250. The SMILES string of the molecule is Cc1ccc(S(=O)(=O)Nc2ccc(Sc3nccn3C)cc2)cc1. The first kappa shape index (κ1) is 16.6. The van der Waals surface area contributed by atoms with Gasteiger partial charge in [-0.1, -0.05) is 29.5 Å². The van der Waals surface area contributed by atoms with Crippen molar-refractivity contribution in [2.75, 3.05) is 4.72 Å². The standard InChI is InChI=1S/C17H17N3O2S2/c1-13-3-9-16(10-4-13)24(21,22)19-14-5-7-15(8-6-14)23-17-18-11-12-20(17)2/h3-12,19H,1-2H3. The van der Waals surface area contributed by atoms with Gasteiger partial charge in [0.25, 0.3) is 10.0 Å². The number of aryl methyl sites for hydroxylation is 2. The number of sulfonamides is 1. The van der Waals surface area contributed by atoms with Gasteiger partial charge in [-0.3, -0.25) is 4.72 Å². The molecule has 2 aromatic carbocycles. The van der Waals surface area contributed by atoms with Gasteiger partial charge < -0.3 is 4.57 Å². The molecule has 1 heterocycles. The molecule has 5 nitrogen and oxygen atoms in total. The third-order valence-corrected chi connectivity index (χ3v) is 5.90. The molecular formula is C17H17N3O2S2. The van der Waals surface area contributed by atoms with E-state index in [0.29, 0.717) is 5.69 Å². The van der Waals surface area contributed by atoms with E-state index in [1.165, 1.54) is 11.8 Å². The lowest BCUT2D eigenvalue weighted by Crippen LogP contribution is -2.12. The monoisotopic (exact) mass is 359 g/mol. The average molecular weight is 359 g/mol. The Kier molecular flexibility index (Phi) is 4.64. The number of anilines is 1. The molecule has 0 atom stereocenters. The molecule has 0 amide bonds. The molecule has 0 saturated carbocycles. The molecular weight excluding hydrogens is 342 g/mol. The van der Waals surface area contributed by atoms with Crippen molar-refractivity contribution in [1.29, 1.82) is 0 Å². The first-order chi connectivity index (χ1) is 11.4. The number of rotatable bonds is 5. The predicted molar refractivity (Wildman–Crippen MR) is 95.8 cm³/mol. The topological polar surface area (TPSA) is 64.0 Å². The van der Waals surface area contributed by atoms with Crippen molar-refractivity contribution in [2.24, 2.45) is 7.05 Å². The van der Waals surface area contributed by atoms with E-state index in [1.54, 1.807) is 42.6 Å². The minimum Gasteiger partial charge on any atom is -0.329 e. The van der Waals surface area contributed by atoms with Crippen LogP contribution in [0.1, 0.15) is 5.56 Å². The van der Waals surface area contributed by atoms with Crippen molar-refractivity contribution in [3.63, 3.8) is 0 Å². The summed E-state index contributed by atoms with van der Waals surface area (Å²) in [5, 5.41) is 0.878. The van der Waals surface area contributed by atoms with Crippen LogP contribution in [0.5, 0.6) is 0 Å². The highest BCUT2D eigenvalue weighted by Gasteiger charge is 2.13. The second-order valence-electron chi connectivity index (χ2n) is 5.37. The van der Waals surface area contributed by atoms with Crippen LogP contribution < -0.4 is 4.72 Å². The molecule has 7 heteroatoms. The van der Waals surface area contributed by atoms with Crippen LogP contribution in [0.15, 0.2) is 75.9 Å². The number of nitrogens with zero attached hydrogens (tertiary/aromatic N) is 2. The van der Waals surface area contributed by atoms with E-state index in [9.17, 15) is 8.42 Å². The van der Waals surface area contributed by atoms with Crippen molar-refractivity contribution in [1.82, 2.24) is 9.55 Å². The Morgan fingerprint density at radius 2 is 1.71 bits per heavy atom. The highest BCUT2D eigenvalue weighted by atomic mass is 32.2. The van der Waals surface area contributed by atoms with Gasteiger partial charge in [0.15, 0.2) is 5.16 Å². The Labute approximate surface area is 145 Å². The van der Waals surface area contributed by atoms with E-state index in [-0.39, 0.29) is 4.90 Å². The molecule has 1 aromatic heterocycles. The van der Waals surface area contributed by atoms with Crippen LogP contribution >= 0.6 is 11.8 Å². The van der Waals surface area contributed by atoms with Gasteiger partial charge in [0.05, 0.1) is 4.90 Å². The maximum Gasteiger partial charge on any atom is 0.261 e. The Bertz CT molecular complexity index is 931. The summed E-state index contributed by atoms with van der Waals surface area (Å²) >= 11 is 1.52. The average Bonchev–Trinajstić information content (AvgIpc) is 2.94. The van der Waals surface area contributed by atoms with Gasteiger partial charge in [0, 0.05) is 30.0 Å². The van der Waals surface area contributed by atoms with E-state index in [0.717, 1.165) is 15.6 Å². The maximum atomic E-state index is 12.4. The van der Waals surface area contributed by atoms with E-state index >= 15 is 0 Å². The Hall–Kier alpha value is -2.25. The summed E-state index contributed by atoms with van der Waals surface area (Å²) in [6, 6.07) is 14.0. The number of hydrogen-bond donors (Lipinski definition) is 1. The largest absolute Gasteiger partial charge is 0.329 e. The van der Waals surface area contributed by atoms with Crippen molar-refractivity contribution in [2.45, 2.75) is 21.9 Å². The Morgan fingerprint density at radius 1 is 1.04 bits per heavy atom. The van der Waals surface area contributed by atoms with E-state index in [2.05, 4.69) is 9.71 Å². The van der Waals surface area contributed by atoms with Crippen molar-refractivity contribution in [3.8, 4) is 0 Å². The molecule has 0 bridgehead atoms. The van der Waals surface area contributed by atoms with E-state index in [1.807, 2.05) is 36.9 Å². The highest BCUT2D eigenvalue weighted by molar-refractivity contribution is 7.99. The van der Waals surface area contributed by atoms with Gasteiger partial charge in [0.2, 0.25) is 0 Å². The third kappa shape index (κ3) is 3.80. The first-order valence-corrected chi connectivity index (χ1v) is 9.59. The smallest absolute Gasteiger partial charge is 0.261 e. The quantitative estimate of drug-likeness (QED) is 0.755. The lowest BCUT2D eigenvalue weighted by atomic mass is 10.2. The van der Waals surface area contributed by atoms with Crippen LogP contribution in [0.2, 0.25) is 0 Å². The molecule has 3 rings (SSSR count). The molecule has 0 aliphatic rings. The maximum absolute atomic E-state index is 12.4. The van der Waals surface area contributed by atoms with Crippen LogP contribution in [-0.2, 0) is 17.1 Å². The zero-order valence-electron chi connectivity index (χ0n) is 13.3. The summed E-state index contributed by atoms with van der Waals surface area (Å²) in [5.74, 6) is 0. The number of benzene rings is 2. The molecule has 0 radical (unpaired) electrons. The van der Waals surface area contributed by atoms with Gasteiger partial charge in [-0.15, -0.1) is 0 Å². The van der Waals surface area contributed by atoms with Crippen molar-refractivity contribution < 1.29 is 8.42 Å². The van der Waals surface area contributed by atoms with Gasteiger partial charge >= 0.3 is 0 Å². The molecule has 0 saturated heterocycles. The summed E-state index contributed by atoms with van der Waals surface area (Å²) in [7, 11) is -1.64. The molecule has 124 valence electrons. The molecule has 3 aromatic rings. The van der Waals surface area contributed by atoms with Crippen LogP contribution in [0, 0.1) is 6.92 Å². The lowest BCUT2D eigenvalue weighted by Gasteiger charge is -2.09. The second kappa shape index (κ2) is 6.70. The third-order valence-electron chi connectivity index (χ3n) is 3.42. The predicted octanol–water partition coefficient (Wildman–Crippen LogP) is 3.68. The minimum atomic E-state index is -3.57. The molecule has 0 unspecified atom stereocenters. The van der Waals surface area contributed by atoms with E-state index in [4.69, 9.17) is 0 Å². The van der Waals surface area contributed by atoms with E-state index < -0.39 is 10.0 Å². The summed E-state index contributed by atoms with van der Waals surface area (Å²) < 4.78 is 29.3. The van der Waals surface area contributed by atoms with Gasteiger partial charge in [-0.2, -0.15) is 0 Å². The van der Waals surface area contributed by atoms with Crippen molar-refractivity contribution in [3.05, 3.63) is 66.5 Å². The second-order valence-corrected chi connectivity index (χ2v) is 8.09. The summed E-state index contributed by atoms with van der Waals surface area (Å²) in [4.78, 5) is 5.49. The fourth-order valence-electron chi connectivity index (χ4n) is 2.08. The van der Waals surface area contributed by atoms with Crippen LogP contribution in [0.25, 0.3) is 0 Å². The normalized spacial score (nSPS) is 11.4. The number of hydrogen-bond acceptors (Lipinski definition) is 4. The summed E-state index contributed by atoms with van der Waals surface area (Å²) in [6.45, 7) is 1.92. The van der Waals surface area contributed by atoms with Crippen LogP contribution in [0.3, 0.4) is 0 Å². The summed E-state index contributed by atoms with van der Waals surface area (Å²) in [6.07, 6.45) is 3.62. The molecule has 24 heavy (non-hydrogen) atoms. The zero-order valence-corrected chi connectivity index (χ0v) is 14.9. The van der Waals surface area contributed by atoms with Gasteiger partial charge in [-0.25, -0.2) is 13.4 Å². The summed E-state index contributed by atoms with van der Waals surface area (Å²) in [5.41, 5.74) is 1.55.